The molecule has 0 aromatic rings. The first-order valence-corrected chi connectivity index (χ1v) is 1.85. The molecule has 0 amide bonds. The molecular weight excluding hydrogens is 281 g/mol. The van der Waals surface area contributed by atoms with E-state index in [2.05, 4.69) is 47.5 Å². The zero-order valence-corrected chi connectivity index (χ0v) is 10.9. The first-order chi connectivity index (χ1) is 4.00. The summed E-state index contributed by atoms with van der Waals surface area (Å²) in [5, 5.41) is 0. The van der Waals surface area contributed by atoms with Crippen molar-refractivity contribution in [2.24, 2.45) is 0 Å². The van der Waals surface area contributed by atoms with Gasteiger partial charge in [0.25, 0.3) is 0 Å². The molecule has 0 fully saturated rings. The van der Waals surface area contributed by atoms with Crippen LogP contribution in [0.15, 0.2) is 0 Å². The molecule has 0 aromatic heterocycles. The molecule has 0 saturated heterocycles. The van der Waals surface area contributed by atoms with E-state index in [0.717, 1.165) is 0 Å². The van der Waals surface area contributed by atoms with Crippen LogP contribution in [0.3, 0.4) is 0 Å². The van der Waals surface area contributed by atoms with Gasteiger partial charge in [-0.15, -0.1) is 0 Å². The summed E-state index contributed by atoms with van der Waals surface area (Å²) in [6.07, 6.45) is 0. The van der Waals surface area contributed by atoms with Gasteiger partial charge in [0.05, 0.1) is 0 Å². The maximum absolute atomic E-state index is 7.72. The molecule has 0 N–H and O–H groups in total. The SMILES string of the molecule is [Cr+3].[Na+].[O-]Cl.[O-]Cl.[O-]Cl.[O-]Cl. The number of hydrogen-bond donors (Lipinski definition) is 0. The molecule has 0 aliphatic heterocycles. The summed E-state index contributed by atoms with van der Waals surface area (Å²) in [6, 6.07) is 0. The van der Waals surface area contributed by atoms with Gasteiger partial charge in [-0.05, 0) is 0 Å². The Bertz CT molecular complexity index is 17.2. The van der Waals surface area contributed by atoms with E-state index in [9.17, 15) is 0 Å². The summed E-state index contributed by atoms with van der Waals surface area (Å²) >= 11 is 13.6. The van der Waals surface area contributed by atoms with E-state index >= 15 is 0 Å². The first-order valence-electron chi connectivity index (χ1n) is 0.617. The van der Waals surface area contributed by atoms with Crippen molar-refractivity contribution >= 4 is 47.5 Å². The molecule has 0 heterocycles. The van der Waals surface area contributed by atoms with Crippen LogP contribution < -0.4 is 48.2 Å². The van der Waals surface area contributed by atoms with Crippen LogP contribution in [0.4, 0.5) is 0 Å². The molecule has 10 heavy (non-hydrogen) atoms. The topological polar surface area (TPSA) is 92.2 Å². The van der Waals surface area contributed by atoms with Crippen molar-refractivity contribution in [2.75, 3.05) is 0 Å². The Morgan fingerprint density at radius 2 is 0.500 bits per heavy atom. The van der Waals surface area contributed by atoms with E-state index < -0.39 is 0 Å². The minimum absolute atomic E-state index is 0. The van der Waals surface area contributed by atoms with Crippen LogP contribution in [0.1, 0.15) is 0 Å². The van der Waals surface area contributed by atoms with Crippen molar-refractivity contribution in [3.05, 3.63) is 0 Å². The molecule has 0 aromatic carbocycles. The van der Waals surface area contributed by atoms with Crippen molar-refractivity contribution in [2.45, 2.75) is 0 Å². The maximum atomic E-state index is 7.72. The summed E-state index contributed by atoms with van der Waals surface area (Å²) < 4.78 is 30.9. The third-order valence-corrected chi connectivity index (χ3v) is 0. The van der Waals surface area contributed by atoms with Gasteiger partial charge in [0.2, 0.25) is 0 Å². The van der Waals surface area contributed by atoms with E-state index in [-0.39, 0.29) is 46.9 Å². The minimum atomic E-state index is 0. The summed E-state index contributed by atoms with van der Waals surface area (Å²) in [5.74, 6) is 0. The molecule has 0 bridgehead atoms. The quantitative estimate of drug-likeness (QED) is 0.416. The Hall–Kier alpha value is 2.53. The maximum Gasteiger partial charge on any atom is 3.00 e. The monoisotopic (exact) mass is 279 g/mol. The number of halogens is 4. The second-order valence-corrected chi connectivity index (χ2v) is 0. The van der Waals surface area contributed by atoms with Crippen molar-refractivity contribution in [3.63, 3.8) is 0 Å². The van der Waals surface area contributed by atoms with Crippen LogP contribution in [0.5, 0.6) is 0 Å². The summed E-state index contributed by atoms with van der Waals surface area (Å²) in [6.45, 7) is 0. The molecule has 10 heteroatoms. The molecule has 0 aliphatic rings. The second-order valence-electron chi connectivity index (χ2n) is 0. The van der Waals surface area contributed by atoms with Gasteiger partial charge in [-0.25, -0.2) is 47.5 Å². The Kier molecular flexibility index (Phi) is 779. The van der Waals surface area contributed by atoms with Crippen LogP contribution in [0, 0.1) is 0 Å². The fraction of sp³-hybridized carbons (Fsp3) is 0. The van der Waals surface area contributed by atoms with Crippen LogP contribution in [-0.2, 0) is 17.4 Å². The largest absolute Gasteiger partial charge is 3.00 e. The molecular formula is Cl4CrNaO4. The fourth-order valence-corrected chi connectivity index (χ4v) is 0. The molecule has 0 spiro atoms. The zero-order chi connectivity index (χ0) is 8.00. The van der Waals surface area contributed by atoms with Gasteiger partial charge in [-0.1, -0.05) is 0 Å². The van der Waals surface area contributed by atoms with Gasteiger partial charge in [-0.3, -0.25) is 0 Å². The smallest absolute Gasteiger partial charge is 0.769 e. The van der Waals surface area contributed by atoms with Crippen molar-refractivity contribution in [1.29, 1.82) is 0 Å². The summed E-state index contributed by atoms with van der Waals surface area (Å²) in [4.78, 5) is 0. The normalized spacial score (nSPS) is 2.40. The third-order valence-electron chi connectivity index (χ3n) is 0. The van der Waals surface area contributed by atoms with Gasteiger partial charge in [0, 0.05) is 0 Å². The molecule has 0 atom stereocenters. The number of rotatable bonds is 0. The van der Waals surface area contributed by atoms with Gasteiger partial charge in [-0.2, -0.15) is 0 Å². The molecule has 0 saturated carbocycles. The van der Waals surface area contributed by atoms with Gasteiger partial charge in [0.1, 0.15) is 0 Å². The van der Waals surface area contributed by atoms with Crippen LogP contribution in [0.25, 0.3) is 0 Å². The van der Waals surface area contributed by atoms with E-state index in [1.807, 2.05) is 0 Å². The average molecular weight is 281 g/mol. The van der Waals surface area contributed by atoms with Crippen LogP contribution >= 0.6 is 47.5 Å². The standard InChI is InChI=1S/4ClO.Cr.Na/c4*1-2;;/q4*-1;+3;+1. The molecule has 1 radical (unpaired) electrons. The van der Waals surface area contributed by atoms with E-state index in [1.54, 1.807) is 0 Å². The minimum Gasteiger partial charge on any atom is -0.769 e. The fourth-order valence-electron chi connectivity index (χ4n) is 0. The Morgan fingerprint density at radius 3 is 0.500 bits per heavy atom. The van der Waals surface area contributed by atoms with Crippen LogP contribution in [0.2, 0.25) is 0 Å². The Morgan fingerprint density at radius 1 is 0.500 bits per heavy atom. The van der Waals surface area contributed by atoms with Gasteiger partial charge in [0.15, 0.2) is 0 Å². The Labute approximate surface area is 112 Å². The van der Waals surface area contributed by atoms with Crippen LogP contribution in [-0.4, -0.2) is 0 Å². The number of hydrogen-bond acceptors (Lipinski definition) is 4. The first kappa shape index (κ1) is 39.1. The molecule has 59 valence electrons. The van der Waals surface area contributed by atoms with Crippen molar-refractivity contribution < 1.29 is 65.6 Å². The second kappa shape index (κ2) is 199. The zero-order valence-electron chi connectivity index (χ0n) is 4.55. The molecule has 0 aliphatic carbocycles. The van der Waals surface area contributed by atoms with E-state index in [0.29, 0.717) is 0 Å². The van der Waals surface area contributed by atoms with Crippen molar-refractivity contribution in [1.82, 2.24) is 0 Å². The van der Waals surface area contributed by atoms with E-state index in [4.69, 9.17) is 18.6 Å². The molecule has 0 unspecified atom stereocenters. The predicted octanol–water partition coefficient (Wildman–Crippen LogP) is -5.00. The molecule has 0 rings (SSSR count). The Balaban J connectivity index is -0.00000000500. The molecule has 4 nitrogen and oxygen atoms in total. The van der Waals surface area contributed by atoms with Gasteiger partial charge >= 0.3 is 46.9 Å². The predicted molar refractivity (Wildman–Crippen MR) is 23.4 cm³/mol. The third kappa shape index (κ3) is 149. The average Bonchev–Trinajstić information content (AvgIpc) is 2.03. The summed E-state index contributed by atoms with van der Waals surface area (Å²) in [5.41, 5.74) is 0. The summed E-state index contributed by atoms with van der Waals surface area (Å²) in [7, 11) is 0. The van der Waals surface area contributed by atoms with E-state index in [1.165, 1.54) is 0 Å². The van der Waals surface area contributed by atoms with Gasteiger partial charge < -0.3 is 18.6 Å². The van der Waals surface area contributed by atoms with Crippen molar-refractivity contribution in [3.8, 4) is 0 Å².